The van der Waals surface area contributed by atoms with E-state index < -0.39 is 0 Å². The molecule has 0 unspecified atom stereocenters. The van der Waals surface area contributed by atoms with E-state index in [1.54, 1.807) is 24.3 Å². The minimum Gasteiger partial charge on any atom is -0.324 e. The highest BCUT2D eigenvalue weighted by molar-refractivity contribution is 6.04. The van der Waals surface area contributed by atoms with Crippen LogP contribution in [0.25, 0.3) is 11.0 Å². The van der Waals surface area contributed by atoms with Gasteiger partial charge < -0.3 is 4.98 Å². The molecule has 0 aliphatic carbocycles. The maximum atomic E-state index is 12.4. The van der Waals surface area contributed by atoms with Crippen LogP contribution in [0.3, 0.4) is 0 Å². The number of hydrogen-bond acceptors (Lipinski definition) is 4. The molecule has 0 bridgehead atoms. The fourth-order valence-electron chi connectivity index (χ4n) is 3.04. The molecule has 7 nitrogen and oxygen atoms in total. The molecule has 1 aliphatic heterocycles. The molecule has 2 aromatic carbocycles. The van der Waals surface area contributed by atoms with Crippen LogP contribution >= 0.6 is 0 Å². The Kier molecular flexibility index (Phi) is 3.96. The number of nitrogens with zero attached hydrogens (tertiary/aromatic N) is 1. The van der Waals surface area contributed by atoms with Crippen LogP contribution in [-0.2, 0) is 16.0 Å². The number of benzene rings is 2. The smallest absolute Gasteiger partial charge is 0.257 e. The Balaban J connectivity index is 1.43. The Hall–Kier alpha value is -3.48. The molecule has 3 aromatic rings. The van der Waals surface area contributed by atoms with Gasteiger partial charge in [-0.2, -0.15) is 0 Å². The lowest BCUT2D eigenvalue weighted by atomic mass is 9.97. The van der Waals surface area contributed by atoms with Crippen molar-refractivity contribution in [2.24, 2.45) is 5.92 Å². The zero-order valence-corrected chi connectivity index (χ0v) is 13.8. The van der Waals surface area contributed by atoms with Crippen molar-refractivity contribution < 1.29 is 14.4 Å². The number of aromatic amines is 1. The van der Waals surface area contributed by atoms with Gasteiger partial charge in [0.25, 0.3) is 5.91 Å². The predicted molar refractivity (Wildman–Crippen MR) is 95.4 cm³/mol. The lowest BCUT2D eigenvalue weighted by Gasteiger charge is -2.07. The largest absolute Gasteiger partial charge is 0.324 e. The zero-order valence-electron chi connectivity index (χ0n) is 13.8. The van der Waals surface area contributed by atoms with E-state index in [4.69, 9.17) is 0 Å². The van der Waals surface area contributed by atoms with Crippen molar-refractivity contribution in [3.05, 3.63) is 59.7 Å². The van der Waals surface area contributed by atoms with E-state index in [0.717, 1.165) is 16.6 Å². The molecule has 1 atom stereocenters. The third kappa shape index (κ3) is 3.19. The van der Waals surface area contributed by atoms with E-state index in [1.165, 1.54) is 0 Å². The average molecular weight is 348 g/mol. The molecular weight excluding hydrogens is 332 g/mol. The van der Waals surface area contributed by atoms with Gasteiger partial charge in [-0.25, -0.2) is 4.98 Å². The Morgan fingerprint density at radius 2 is 1.88 bits per heavy atom. The van der Waals surface area contributed by atoms with Crippen LogP contribution < -0.4 is 10.6 Å². The second-order valence-electron chi connectivity index (χ2n) is 6.27. The molecular formula is C19H16N4O3. The molecule has 130 valence electrons. The van der Waals surface area contributed by atoms with Crippen LogP contribution in [0.4, 0.5) is 5.95 Å². The lowest BCUT2D eigenvalue weighted by Crippen LogP contribution is -2.22. The van der Waals surface area contributed by atoms with Crippen LogP contribution in [0.2, 0.25) is 0 Å². The van der Waals surface area contributed by atoms with E-state index in [0.29, 0.717) is 17.9 Å². The van der Waals surface area contributed by atoms with Crippen molar-refractivity contribution in [3.8, 4) is 0 Å². The minimum atomic E-state index is -0.335. The van der Waals surface area contributed by atoms with Gasteiger partial charge in [0, 0.05) is 12.0 Å². The molecule has 7 heteroatoms. The number of aromatic nitrogens is 2. The van der Waals surface area contributed by atoms with Crippen LogP contribution in [0.5, 0.6) is 0 Å². The van der Waals surface area contributed by atoms with Crippen molar-refractivity contribution >= 4 is 34.7 Å². The summed E-state index contributed by atoms with van der Waals surface area (Å²) in [6.45, 7) is 0. The standard InChI is InChI=1S/C19H16N4O3/c24-16-10-13(18(26)22-16)9-11-5-7-12(8-6-11)17(25)23-19-20-14-3-1-2-4-15(14)21-19/h1-8,13H,9-10H2,(H,22,24,26)(H2,20,21,23,25)/t13-/m0/s1. The number of fused-ring (bicyclic) bond motifs is 1. The first kappa shape index (κ1) is 16.0. The normalized spacial score (nSPS) is 16.7. The molecule has 1 fully saturated rings. The molecule has 0 saturated carbocycles. The fraction of sp³-hybridized carbons (Fsp3) is 0.158. The van der Waals surface area contributed by atoms with Gasteiger partial charge in [0.1, 0.15) is 0 Å². The molecule has 3 N–H and O–H groups in total. The van der Waals surface area contributed by atoms with E-state index in [2.05, 4.69) is 20.6 Å². The topological polar surface area (TPSA) is 104 Å². The van der Waals surface area contributed by atoms with Gasteiger partial charge in [-0.15, -0.1) is 0 Å². The Morgan fingerprint density at radius 1 is 1.12 bits per heavy atom. The Bertz CT molecular complexity index is 974. The van der Waals surface area contributed by atoms with Crippen LogP contribution in [0.1, 0.15) is 22.3 Å². The van der Waals surface area contributed by atoms with Gasteiger partial charge in [0.15, 0.2) is 0 Å². The molecule has 1 aliphatic rings. The summed E-state index contributed by atoms with van der Waals surface area (Å²) in [6.07, 6.45) is 0.691. The summed E-state index contributed by atoms with van der Waals surface area (Å²) in [5.41, 5.74) is 3.02. The summed E-state index contributed by atoms with van der Waals surface area (Å²) in [5.74, 6) is -0.688. The third-order valence-corrected chi connectivity index (χ3v) is 4.38. The maximum Gasteiger partial charge on any atom is 0.257 e. The summed E-state index contributed by atoms with van der Waals surface area (Å²) < 4.78 is 0. The maximum absolute atomic E-state index is 12.4. The van der Waals surface area contributed by atoms with E-state index >= 15 is 0 Å². The molecule has 3 amide bonds. The molecule has 1 saturated heterocycles. The van der Waals surface area contributed by atoms with E-state index in [1.807, 2.05) is 24.3 Å². The van der Waals surface area contributed by atoms with Gasteiger partial charge in [-0.05, 0) is 36.2 Å². The van der Waals surface area contributed by atoms with Crippen molar-refractivity contribution in [2.75, 3.05) is 5.32 Å². The van der Waals surface area contributed by atoms with E-state index in [9.17, 15) is 14.4 Å². The van der Waals surface area contributed by atoms with Gasteiger partial charge in [0.05, 0.1) is 17.0 Å². The first-order valence-corrected chi connectivity index (χ1v) is 8.27. The number of H-pyrrole nitrogens is 1. The predicted octanol–water partition coefficient (Wildman–Crippen LogP) is 2.02. The third-order valence-electron chi connectivity index (χ3n) is 4.38. The highest BCUT2D eigenvalue weighted by Gasteiger charge is 2.30. The highest BCUT2D eigenvalue weighted by Crippen LogP contribution is 2.18. The number of carbonyl (C=O) groups excluding carboxylic acids is 3. The molecule has 0 radical (unpaired) electrons. The molecule has 2 heterocycles. The number of amides is 3. The number of anilines is 1. The summed E-state index contributed by atoms with van der Waals surface area (Å²) >= 11 is 0. The van der Waals surface area contributed by atoms with Crippen LogP contribution in [0, 0.1) is 5.92 Å². The number of hydrogen-bond donors (Lipinski definition) is 3. The number of imidazole rings is 1. The number of rotatable bonds is 4. The summed E-state index contributed by atoms with van der Waals surface area (Å²) in [5, 5.41) is 5.04. The second-order valence-corrected chi connectivity index (χ2v) is 6.27. The fourth-order valence-corrected chi connectivity index (χ4v) is 3.04. The lowest BCUT2D eigenvalue weighted by molar-refractivity contribution is -0.125. The van der Waals surface area contributed by atoms with Gasteiger partial charge >= 0.3 is 0 Å². The van der Waals surface area contributed by atoms with E-state index in [-0.39, 0.29) is 30.1 Å². The van der Waals surface area contributed by atoms with Crippen molar-refractivity contribution in [3.63, 3.8) is 0 Å². The average Bonchev–Trinajstić information content (AvgIpc) is 3.17. The quantitative estimate of drug-likeness (QED) is 0.628. The highest BCUT2D eigenvalue weighted by atomic mass is 16.2. The second kappa shape index (κ2) is 6.44. The first-order valence-electron chi connectivity index (χ1n) is 8.27. The van der Waals surface area contributed by atoms with Crippen LogP contribution in [-0.4, -0.2) is 27.7 Å². The van der Waals surface area contributed by atoms with Crippen LogP contribution in [0.15, 0.2) is 48.5 Å². The van der Waals surface area contributed by atoms with Gasteiger partial charge in [0.2, 0.25) is 17.8 Å². The van der Waals surface area contributed by atoms with Crippen molar-refractivity contribution in [1.29, 1.82) is 0 Å². The van der Waals surface area contributed by atoms with Crippen molar-refractivity contribution in [1.82, 2.24) is 15.3 Å². The molecule has 4 rings (SSSR count). The van der Waals surface area contributed by atoms with Gasteiger partial charge in [-0.1, -0.05) is 24.3 Å². The molecule has 0 spiro atoms. The molecule has 26 heavy (non-hydrogen) atoms. The van der Waals surface area contributed by atoms with Gasteiger partial charge in [-0.3, -0.25) is 25.0 Å². The summed E-state index contributed by atoms with van der Waals surface area (Å²) in [4.78, 5) is 42.6. The number of para-hydroxylation sites is 2. The number of nitrogens with one attached hydrogen (secondary N) is 3. The van der Waals surface area contributed by atoms with Crippen molar-refractivity contribution in [2.45, 2.75) is 12.8 Å². The summed E-state index contributed by atoms with van der Waals surface area (Å²) in [7, 11) is 0. The Labute approximate surface area is 148 Å². The number of carbonyl (C=O) groups is 3. The first-order chi connectivity index (χ1) is 12.6. The SMILES string of the molecule is O=C1C[C@H](Cc2ccc(C(=O)Nc3nc4ccccc4[nH]3)cc2)C(=O)N1. The summed E-state index contributed by atoms with van der Waals surface area (Å²) in [6, 6.07) is 14.5. The zero-order chi connectivity index (χ0) is 18.1. The molecule has 1 aromatic heterocycles. The minimum absolute atomic E-state index is 0.215. The monoisotopic (exact) mass is 348 g/mol. The number of imide groups is 1. The Morgan fingerprint density at radius 3 is 2.58 bits per heavy atom.